The molecule has 0 saturated carbocycles. The molecule has 1 aromatic rings. The largest absolute Gasteiger partial charge is 0.444 e. The molecule has 0 bridgehead atoms. The maximum Gasteiger partial charge on any atom is 0.416 e. The molecule has 0 aliphatic carbocycles. The Morgan fingerprint density at radius 3 is 2.54 bits per heavy atom. The van der Waals surface area contributed by atoms with E-state index in [1.807, 2.05) is 20.8 Å². The molecular weight excluding hydrogens is 413 g/mol. The minimum absolute atomic E-state index is 0.0260. The Kier molecular flexibility index (Phi) is 6.28. The number of nitrogens with zero attached hydrogens (tertiary/aromatic N) is 2. The summed E-state index contributed by atoms with van der Waals surface area (Å²) in [4.78, 5) is 15.9. The quantitative estimate of drug-likeness (QED) is 0.674. The molecule has 1 heterocycles. The lowest BCUT2D eigenvalue weighted by Crippen LogP contribution is -2.42. The minimum atomic E-state index is -4.35. The fraction of sp³-hybridized carbons (Fsp3) is 0.611. The number of rotatable bonds is 3. The molecule has 1 unspecified atom stereocenters. The number of amides is 1. The molecule has 4 nitrogen and oxygen atoms in total. The van der Waals surface area contributed by atoms with Gasteiger partial charge in [0.1, 0.15) is 5.60 Å². The number of likely N-dealkylation sites (tertiary alicyclic amines) is 1. The number of hydrogen-bond donors (Lipinski definition) is 0. The van der Waals surface area contributed by atoms with Gasteiger partial charge in [0, 0.05) is 37.2 Å². The zero-order chi connectivity index (χ0) is 19.7. The molecule has 0 N–H and O–H groups in total. The van der Waals surface area contributed by atoms with Crippen molar-refractivity contribution in [2.24, 2.45) is 0 Å². The molecule has 1 amide bonds. The monoisotopic (exact) mass is 436 g/mol. The second-order valence-corrected chi connectivity index (χ2v) is 8.43. The van der Waals surface area contributed by atoms with Crippen LogP contribution in [0.15, 0.2) is 22.7 Å². The molecule has 0 spiro atoms. The number of carbonyl (C=O) groups is 1. The number of carbonyl (C=O) groups excluding carboxylic acids is 1. The van der Waals surface area contributed by atoms with Gasteiger partial charge >= 0.3 is 12.3 Å². The Labute approximate surface area is 160 Å². The van der Waals surface area contributed by atoms with Gasteiger partial charge in [0.05, 0.1) is 5.56 Å². The highest BCUT2D eigenvalue weighted by molar-refractivity contribution is 9.10. The highest BCUT2D eigenvalue weighted by atomic mass is 79.9. The van der Waals surface area contributed by atoms with Gasteiger partial charge in [0.15, 0.2) is 0 Å². The van der Waals surface area contributed by atoms with E-state index in [0.717, 1.165) is 30.7 Å². The Balaban J connectivity index is 1.96. The van der Waals surface area contributed by atoms with E-state index in [0.29, 0.717) is 17.6 Å². The summed E-state index contributed by atoms with van der Waals surface area (Å²) in [5, 5.41) is 0. The van der Waals surface area contributed by atoms with E-state index >= 15 is 0 Å². The Morgan fingerprint density at radius 1 is 1.35 bits per heavy atom. The van der Waals surface area contributed by atoms with E-state index in [-0.39, 0.29) is 12.1 Å². The first-order valence-corrected chi connectivity index (χ1v) is 9.20. The van der Waals surface area contributed by atoms with Crippen LogP contribution in [0.2, 0.25) is 0 Å². The van der Waals surface area contributed by atoms with Gasteiger partial charge in [-0.15, -0.1) is 0 Å². The lowest BCUT2D eigenvalue weighted by atomic mass is 10.1. The van der Waals surface area contributed by atoms with Crippen molar-refractivity contribution in [2.75, 3.05) is 20.1 Å². The lowest BCUT2D eigenvalue weighted by Gasteiger charge is -2.28. The van der Waals surface area contributed by atoms with Crippen LogP contribution in [-0.4, -0.2) is 47.7 Å². The van der Waals surface area contributed by atoms with Crippen LogP contribution in [0, 0.1) is 0 Å². The summed E-state index contributed by atoms with van der Waals surface area (Å²) in [6.45, 7) is 7.41. The molecule has 1 atom stereocenters. The second kappa shape index (κ2) is 7.76. The molecule has 0 aromatic heterocycles. The first-order chi connectivity index (χ1) is 11.9. The molecule has 26 heavy (non-hydrogen) atoms. The molecular formula is C18H24BrF3N2O2. The highest BCUT2D eigenvalue weighted by Gasteiger charge is 2.33. The molecule has 0 radical (unpaired) electrons. The Hall–Kier alpha value is -1.28. The fourth-order valence-corrected chi connectivity index (χ4v) is 3.35. The van der Waals surface area contributed by atoms with Crippen LogP contribution in [0.25, 0.3) is 0 Å². The van der Waals surface area contributed by atoms with Crippen molar-refractivity contribution in [1.82, 2.24) is 9.80 Å². The van der Waals surface area contributed by atoms with Crippen molar-refractivity contribution in [2.45, 2.75) is 51.6 Å². The zero-order valence-electron chi connectivity index (χ0n) is 15.4. The van der Waals surface area contributed by atoms with Gasteiger partial charge in [0.25, 0.3) is 0 Å². The first kappa shape index (κ1) is 21.0. The van der Waals surface area contributed by atoms with Crippen molar-refractivity contribution in [3.8, 4) is 0 Å². The van der Waals surface area contributed by atoms with Crippen LogP contribution in [0.5, 0.6) is 0 Å². The minimum Gasteiger partial charge on any atom is -0.444 e. The van der Waals surface area contributed by atoms with Crippen molar-refractivity contribution in [3.05, 3.63) is 33.8 Å². The van der Waals surface area contributed by atoms with Crippen LogP contribution in [0.4, 0.5) is 18.0 Å². The summed E-state index contributed by atoms with van der Waals surface area (Å²) in [6, 6.07) is 3.73. The van der Waals surface area contributed by atoms with Crippen LogP contribution in [0.3, 0.4) is 0 Å². The standard InChI is InChI=1S/C18H24BrF3N2O2/c1-17(2,3)26-16(25)23(4)14-7-8-24(11-14)10-12-5-6-13(9-15(12)19)18(20,21)22/h5-6,9,14H,7-8,10-11H2,1-4H3. The summed E-state index contributed by atoms with van der Waals surface area (Å²) in [5.41, 5.74) is -0.426. The molecule has 2 rings (SSSR count). The molecule has 1 aromatic carbocycles. The zero-order valence-corrected chi connectivity index (χ0v) is 16.9. The number of alkyl halides is 3. The van der Waals surface area contributed by atoms with Gasteiger partial charge in [0.2, 0.25) is 0 Å². The normalized spacial score (nSPS) is 18.8. The van der Waals surface area contributed by atoms with E-state index < -0.39 is 17.3 Å². The van der Waals surface area contributed by atoms with Crippen LogP contribution < -0.4 is 0 Å². The Morgan fingerprint density at radius 2 is 2.00 bits per heavy atom. The van der Waals surface area contributed by atoms with Crippen molar-refractivity contribution in [3.63, 3.8) is 0 Å². The van der Waals surface area contributed by atoms with Crippen LogP contribution in [0.1, 0.15) is 38.3 Å². The van der Waals surface area contributed by atoms with Crippen LogP contribution >= 0.6 is 15.9 Å². The lowest BCUT2D eigenvalue weighted by molar-refractivity contribution is -0.137. The predicted octanol–water partition coefficient (Wildman–Crippen LogP) is 4.91. The average molecular weight is 437 g/mol. The fourth-order valence-electron chi connectivity index (χ4n) is 2.85. The number of ether oxygens (including phenoxy) is 1. The van der Waals surface area contributed by atoms with Gasteiger partial charge in [-0.2, -0.15) is 13.2 Å². The summed E-state index contributed by atoms with van der Waals surface area (Å²) >= 11 is 3.24. The first-order valence-electron chi connectivity index (χ1n) is 8.40. The average Bonchev–Trinajstić information content (AvgIpc) is 2.94. The summed E-state index contributed by atoms with van der Waals surface area (Å²) in [5.74, 6) is 0. The van der Waals surface area contributed by atoms with E-state index in [4.69, 9.17) is 4.74 Å². The maximum absolute atomic E-state index is 12.8. The molecule has 8 heteroatoms. The van der Waals surface area contributed by atoms with Crippen molar-refractivity contribution >= 4 is 22.0 Å². The third-order valence-electron chi connectivity index (χ3n) is 4.25. The number of hydrogen-bond acceptors (Lipinski definition) is 3. The highest BCUT2D eigenvalue weighted by Crippen LogP contribution is 2.33. The topological polar surface area (TPSA) is 32.8 Å². The maximum atomic E-state index is 12.8. The second-order valence-electron chi connectivity index (χ2n) is 7.57. The molecule has 1 saturated heterocycles. The molecule has 1 aliphatic rings. The molecule has 1 aliphatic heterocycles. The SMILES string of the molecule is CN(C(=O)OC(C)(C)C)C1CCN(Cc2ccc(C(F)(F)F)cc2Br)C1. The molecule has 146 valence electrons. The number of halogens is 4. The predicted molar refractivity (Wildman–Crippen MR) is 96.8 cm³/mol. The van der Waals surface area contributed by atoms with Gasteiger partial charge in [-0.3, -0.25) is 4.90 Å². The summed E-state index contributed by atoms with van der Waals surface area (Å²) < 4.78 is 44.1. The summed E-state index contributed by atoms with van der Waals surface area (Å²) in [6.07, 6.45) is -3.91. The van der Waals surface area contributed by atoms with E-state index in [9.17, 15) is 18.0 Å². The van der Waals surface area contributed by atoms with E-state index in [1.54, 1.807) is 11.9 Å². The molecule has 1 fully saturated rings. The van der Waals surface area contributed by atoms with E-state index in [2.05, 4.69) is 20.8 Å². The number of benzene rings is 1. The smallest absolute Gasteiger partial charge is 0.416 e. The number of likely N-dealkylation sites (N-methyl/N-ethyl adjacent to an activating group) is 1. The summed E-state index contributed by atoms with van der Waals surface area (Å²) in [7, 11) is 1.72. The van der Waals surface area contributed by atoms with Crippen molar-refractivity contribution in [1.29, 1.82) is 0 Å². The van der Waals surface area contributed by atoms with Gasteiger partial charge in [-0.25, -0.2) is 4.79 Å². The van der Waals surface area contributed by atoms with E-state index in [1.165, 1.54) is 6.07 Å². The third-order valence-corrected chi connectivity index (χ3v) is 4.99. The van der Waals surface area contributed by atoms with Crippen LogP contribution in [-0.2, 0) is 17.5 Å². The Bertz CT molecular complexity index is 659. The third kappa shape index (κ3) is 5.61. The van der Waals surface area contributed by atoms with Gasteiger partial charge < -0.3 is 9.64 Å². The van der Waals surface area contributed by atoms with Crippen molar-refractivity contribution < 1.29 is 22.7 Å². The van der Waals surface area contributed by atoms with Gasteiger partial charge in [-0.1, -0.05) is 22.0 Å². The van der Waals surface area contributed by atoms with Gasteiger partial charge in [-0.05, 0) is 44.9 Å².